The van der Waals surface area contributed by atoms with Gasteiger partial charge in [0.25, 0.3) is 0 Å². The molecule has 2 heteroatoms. The van der Waals surface area contributed by atoms with Crippen molar-refractivity contribution in [1.82, 2.24) is 4.98 Å². The Morgan fingerprint density at radius 1 is 1.17 bits per heavy atom. The lowest BCUT2D eigenvalue weighted by atomic mass is 10.2. The van der Waals surface area contributed by atoms with Gasteiger partial charge in [0.05, 0.1) is 11.6 Å². The van der Waals surface area contributed by atoms with Gasteiger partial charge in [-0.3, -0.25) is 0 Å². The Balaban J connectivity index is 2.68. The zero-order valence-electron chi connectivity index (χ0n) is 6.29. The number of nitrogens with one attached hydrogen (secondary N) is 1. The minimum atomic E-state index is 0.871. The van der Waals surface area contributed by atoms with Crippen LogP contribution in [-0.4, -0.2) is 4.98 Å². The summed E-state index contributed by atoms with van der Waals surface area (Å²) in [6, 6.07) is 7.96. The Kier molecular flexibility index (Phi) is 0.939. The van der Waals surface area contributed by atoms with Crippen molar-refractivity contribution in [2.75, 3.05) is 0 Å². The Bertz CT molecular complexity index is 532. The topological polar surface area (TPSA) is 28.9 Å². The molecule has 2 aromatic heterocycles. The van der Waals surface area contributed by atoms with E-state index in [0.717, 1.165) is 21.9 Å². The lowest BCUT2D eigenvalue weighted by Gasteiger charge is -1.83. The van der Waals surface area contributed by atoms with E-state index < -0.39 is 0 Å². The summed E-state index contributed by atoms with van der Waals surface area (Å²) in [6.45, 7) is 0. The Labute approximate surface area is 68.8 Å². The molecule has 0 spiro atoms. The van der Waals surface area contributed by atoms with E-state index in [0.29, 0.717) is 0 Å². The minimum absolute atomic E-state index is 0.871. The van der Waals surface area contributed by atoms with E-state index >= 15 is 0 Å². The molecule has 0 aliphatic rings. The van der Waals surface area contributed by atoms with Crippen molar-refractivity contribution in [2.45, 2.75) is 0 Å². The van der Waals surface area contributed by atoms with Gasteiger partial charge in [-0.1, -0.05) is 18.2 Å². The van der Waals surface area contributed by atoms with Crippen molar-refractivity contribution < 1.29 is 4.42 Å². The fourth-order valence-corrected chi connectivity index (χ4v) is 1.47. The van der Waals surface area contributed by atoms with Crippen LogP contribution in [0.3, 0.4) is 0 Å². The second kappa shape index (κ2) is 1.91. The standard InChI is InChI=1S/C10H6NO/c1-2-4-9-7(3-1)8-5-11-6-10(8)12-9/h1-4,6,11H. The first-order valence-corrected chi connectivity index (χ1v) is 3.81. The van der Waals surface area contributed by atoms with E-state index in [1.807, 2.05) is 30.5 Å². The third kappa shape index (κ3) is 0.593. The third-order valence-electron chi connectivity index (χ3n) is 2.02. The maximum atomic E-state index is 5.53. The largest absolute Gasteiger partial charge is 0.454 e. The van der Waals surface area contributed by atoms with Gasteiger partial charge in [-0.2, -0.15) is 0 Å². The number of hydrogen-bond donors (Lipinski definition) is 1. The molecular weight excluding hydrogens is 150 g/mol. The average Bonchev–Trinajstić information content (AvgIpc) is 2.62. The highest BCUT2D eigenvalue weighted by Crippen LogP contribution is 2.26. The number of fused-ring (bicyclic) bond motifs is 3. The molecule has 3 aromatic rings. The lowest BCUT2D eigenvalue weighted by molar-refractivity contribution is 0.668. The average molecular weight is 156 g/mol. The van der Waals surface area contributed by atoms with E-state index in [4.69, 9.17) is 4.42 Å². The molecule has 0 amide bonds. The lowest BCUT2D eigenvalue weighted by Crippen LogP contribution is -1.61. The second-order valence-corrected chi connectivity index (χ2v) is 2.75. The molecule has 0 aliphatic heterocycles. The fourth-order valence-electron chi connectivity index (χ4n) is 1.47. The van der Waals surface area contributed by atoms with Crippen LogP contribution in [0.1, 0.15) is 0 Å². The van der Waals surface area contributed by atoms with Gasteiger partial charge < -0.3 is 9.40 Å². The number of rotatable bonds is 0. The van der Waals surface area contributed by atoms with Crippen molar-refractivity contribution in [3.63, 3.8) is 0 Å². The summed E-state index contributed by atoms with van der Waals surface area (Å²) in [7, 11) is 0. The maximum Gasteiger partial charge on any atom is 0.153 e. The molecule has 12 heavy (non-hydrogen) atoms. The van der Waals surface area contributed by atoms with Gasteiger partial charge in [0.2, 0.25) is 0 Å². The molecule has 2 heterocycles. The highest BCUT2D eigenvalue weighted by molar-refractivity contribution is 6.04. The summed E-state index contributed by atoms with van der Waals surface area (Å²) in [5.41, 5.74) is 1.80. The van der Waals surface area contributed by atoms with Gasteiger partial charge in [-0.25, -0.2) is 0 Å². The van der Waals surface area contributed by atoms with Gasteiger partial charge in [-0.15, -0.1) is 0 Å². The molecule has 0 bridgehead atoms. The third-order valence-corrected chi connectivity index (χ3v) is 2.02. The van der Waals surface area contributed by atoms with Crippen molar-refractivity contribution >= 4 is 21.9 Å². The summed E-state index contributed by atoms with van der Waals surface area (Å²) < 4.78 is 5.53. The van der Waals surface area contributed by atoms with Crippen molar-refractivity contribution in [2.24, 2.45) is 0 Å². The molecule has 1 aromatic carbocycles. The van der Waals surface area contributed by atoms with Crippen LogP contribution in [0.2, 0.25) is 0 Å². The van der Waals surface area contributed by atoms with E-state index in [1.165, 1.54) is 0 Å². The number of aromatic amines is 1. The minimum Gasteiger partial charge on any atom is -0.454 e. The quantitative estimate of drug-likeness (QED) is 0.532. The molecular formula is C10H6NO. The molecule has 0 fully saturated rings. The number of hydrogen-bond acceptors (Lipinski definition) is 1. The van der Waals surface area contributed by atoms with Crippen LogP contribution in [0.15, 0.2) is 34.9 Å². The first kappa shape index (κ1) is 5.89. The predicted octanol–water partition coefficient (Wildman–Crippen LogP) is 2.71. The molecule has 2 nitrogen and oxygen atoms in total. The smallest absolute Gasteiger partial charge is 0.153 e. The zero-order chi connectivity index (χ0) is 7.97. The van der Waals surface area contributed by atoms with E-state index in [9.17, 15) is 0 Å². The van der Waals surface area contributed by atoms with E-state index in [2.05, 4.69) is 11.2 Å². The summed E-state index contributed by atoms with van der Waals surface area (Å²) in [5.74, 6) is 0. The van der Waals surface area contributed by atoms with E-state index in [1.54, 1.807) is 0 Å². The first-order chi connectivity index (χ1) is 5.95. The number of furan rings is 1. The van der Waals surface area contributed by atoms with Gasteiger partial charge >= 0.3 is 0 Å². The Morgan fingerprint density at radius 2 is 2.08 bits per heavy atom. The van der Waals surface area contributed by atoms with Gasteiger partial charge in [0.15, 0.2) is 5.58 Å². The molecule has 0 saturated heterocycles. The molecule has 57 valence electrons. The summed E-state index contributed by atoms with van der Waals surface area (Å²) in [6.07, 6.45) is 4.84. The Morgan fingerprint density at radius 3 is 3.08 bits per heavy atom. The highest BCUT2D eigenvalue weighted by Gasteiger charge is 2.05. The number of aromatic nitrogens is 1. The predicted molar refractivity (Wildman–Crippen MR) is 46.9 cm³/mol. The summed E-state index contributed by atoms with van der Waals surface area (Å²) in [4.78, 5) is 2.89. The highest BCUT2D eigenvalue weighted by atomic mass is 16.3. The van der Waals surface area contributed by atoms with Crippen LogP contribution in [0, 0.1) is 6.20 Å². The van der Waals surface area contributed by atoms with Crippen molar-refractivity contribution in [1.29, 1.82) is 0 Å². The first-order valence-electron chi connectivity index (χ1n) is 3.81. The normalized spacial score (nSPS) is 11.3. The molecule has 3 rings (SSSR count). The van der Waals surface area contributed by atoms with Gasteiger partial charge in [-0.05, 0) is 6.07 Å². The molecule has 0 aliphatic carbocycles. The zero-order valence-corrected chi connectivity index (χ0v) is 6.29. The SMILES string of the molecule is [c]1[nH]cc2oc3ccccc3c12. The Hall–Kier alpha value is -1.70. The molecule has 0 atom stereocenters. The van der Waals surface area contributed by atoms with Crippen molar-refractivity contribution in [3.8, 4) is 0 Å². The van der Waals surface area contributed by atoms with Crippen LogP contribution in [0.25, 0.3) is 21.9 Å². The summed E-state index contributed by atoms with van der Waals surface area (Å²) >= 11 is 0. The van der Waals surface area contributed by atoms with Gasteiger partial charge in [0.1, 0.15) is 5.58 Å². The fraction of sp³-hybridized carbons (Fsp3) is 0. The second-order valence-electron chi connectivity index (χ2n) is 2.75. The maximum absolute atomic E-state index is 5.53. The molecule has 1 radical (unpaired) electrons. The van der Waals surface area contributed by atoms with Crippen LogP contribution in [0.4, 0.5) is 0 Å². The van der Waals surface area contributed by atoms with E-state index in [-0.39, 0.29) is 0 Å². The number of H-pyrrole nitrogens is 1. The van der Waals surface area contributed by atoms with Crippen molar-refractivity contribution in [3.05, 3.63) is 36.7 Å². The van der Waals surface area contributed by atoms with Crippen LogP contribution in [0.5, 0.6) is 0 Å². The van der Waals surface area contributed by atoms with Crippen LogP contribution < -0.4 is 0 Å². The summed E-state index contributed by atoms with van der Waals surface area (Å²) in [5, 5.41) is 2.15. The molecule has 1 N–H and O–H groups in total. The monoisotopic (exact) mass is 156 g/mol. The molecule has 0 unspecified atom stereocenters. The van der Waals surface area contributed by atoms with Crippen LogP contribution in [-0.2, 0) is 0 Å². The van der Waals surface area contributed by atoms with Gasteiger partial charge in [0, 0.05) is 11.6 Å². The number of benzene rings is 1. The number of para-hydroxylation sites is 1. The van der Waals surface area contributed by atoms with Crippen LogP contribution >= 0.6 is 0 Å². The molecule has 0 saturated carbocycles.